The van der Waals surface area contributed by atoms with Crippen molar-refractivity contribution in [3.63, 3.8) is 0 Å². The van der Waals surface area contributed by atoms with Crippen molar-refractivity contribution < 1.29 is 27.9 Å². The molecule has 0 spiro atoms. The number of nitrogens with zero attached hydrogens (tertiary/aromatic N) is 5. The number of rotatable bonds is 24. The van der Waals surface area contributed by atoms with Gasteiger partial charge in [0.1, 0.15) is 16.8 Å². The van der Waals surface area contributed by atoms with Gasteiger partial charge in [-0.3, -0.25) is 14.4 Å². The number of aromatic nitrogens is 3. The molecule has 0 unspecified atom stereocenters. The topological polar surface area (TPSA) is 187 Å². The molecule has 0 saturated carbocycles. The van der Waals surface area contributed by atoms with Gasteiger partial charge in [0.2, 0.25) is 17.8 Å². The molecule has 6 rings (SSSR count). The number of piperidine rings is 1. The van der Waals surface area contributed by atoms with Crippen molar-refractivity contribution in [2.75, 3.05) is 36.8 Å². The van der Waals surface area contributed by atoms with E-state index in [0.29, 0.717) is 28.9 Å². The van der Waals surface area contributed by atoms with E-state index < -0.39 is 38.6 Å². The lowest BCUT2D eigenvalue weighted by Crippen LogP contribution is -2.50. The first-order valence-electron chi connectivity index (χ1n) is 25.2. The van der Waals surface area contributed by atoms with Gasteiger partial charge in [-0.1, -0.05) is 107 Å². The van der Waals surface area contributed by atoms with Crippen LogP contribution in [0.15, 0.2) is 65.1 Å². The molecule has 5 atom stereocenters. The largest absolute Gasteiger partial charge is 0.391 e. The quantitative estimate of drug-likeness (QED) is 0.0488. The molecule has 2 aliphatic heterocycles. The second-order valence-corrected chi connectivity index (χ2v) is 24.4. The summed E-state index contributed by atoms with van der Waals surface area (Å²) in [4.78, 5) is 59.9. The molecule has 382 valence electrons. The minimum Gasteiger partial charge on any atom is -0.391 e. The highest BCUT2D eigenvalue weighted by atomic mass is 35.5. The number of halogens is 1. The number of hydrogen-bond acceptors (Lipinski definition) is 13. The summed E-state index contributed by atoms with van der Waals surface area (Å²) in [5.74, 6) is -0.298. The molecule has 2 fully saturated rings. The first kappa shape index (κ1) is 54.8. The number of β-amino-alcohol motifs (C(OH)–C–C–N with tert-alkyl or cyclic N) is 1. The molecule has 2 aliphatic rings. The number of nitrogens with one attached hydrogen (secondary N) is 3. The van der Waals surface area contributed by atoms with Crippen molar-refractivity contribution in [2.24, 2.45) is 11.3 Å². The highest BCUT2D eigenvalue weighted by molar-refractivity contribution is 7.92. The number of benzene rings is 2. The Balaban J connectivity index is 0.862. The van der Waals surface area contributed by atoms with Gasteiger partial charge in [-0.15, -0.1) is 11.3 Å². The smallest absolute Gasteiger partial charge is 0.243 e. The van der Waals surface area contributed by atoms with Crippen molar-refractivity contribution in [1.29, 1.82) is 0 Å². The van der Waals surface area contributed by atoms with E-state index in [2.05, 4.69) is 35.8 Å². The average Bonchev–Trinajstić information content (AvgIpc) is 3.94. The summed E-state index contributed by atoms with van der Waals surface area (Å²) < 4.78 is 26.0. The van der Waals surface area contributed by atoms with Crippen LogP contribution in [0.1, 0.15) is 142 Å². The highest BCUT2D eigenvalue weighted by Crippen LogP contribution is 2.35. The number of carbonyl (C=O) groups is 3. The maximum atomic E-state index is 14.2. The summed E-state index contributed by atoms with van der Waals surface area (Å²) in [5, 5.41) is 20.1. The van der Waals surface area contributed by atoms with E-state index in [1.807, 2.05) is 64.4 Å². The number of ketones is 1. The van der Waals surface area contributed by atoms with Crippen LogP contribution in [0.5, 0.6) is 0 Å². The number of Topliss-reactive ketones (excluding diaryl/α,β-unsaturated/α-hetero) is 1. The van der Waals surface area contributed by atoms with E-state index in [-0.39, 0.29) is 54.0 Å². The molecule has 0 bridgehead atoms. The monoisotopic (exact) mass is 1020 g/mol. The van der Waals surface area contributed by atoms with Gasteiger partial charge in [-0.05, 0) is 95.1 Å². The van der Waals surface area contributed by atoms with Crippen LogP contribution in [0.2, 0.25) is 5.02 Å². The molecule has 4 aromatic rings. The molecule has 2 aromatic heterocycles. The van der Waals surface area contributed by atoms with Crippen LogP contribution < -0.4 is 16.0 Å². The lowest BCUT2D eigenvalue weighted by Gasteiger charge is -2.35. The van der Waals surface area contributed by atoms with Gasteiger partial charge in [0.15, 0.2) is 15.7 Å². The van der Waals surface area contributed by atoms with E-state index in [9.17, 15) is 27.9 Å². The third-order valence-electron chi connectivity index (χ3n) is 13.7. The van der Waals surface area contributed by atoms with Crippen molar-refractivity contribution in [3.05, 3.63) is 76.5 Å². The van der Waals surface area contributed by atoms with Gasteiger partial charge in [-0.2, -0.15) is 4.98 Å². The number of carbonyl (C=O) groups excluding carboxylic acids is 3. The average molecular weight is 1020 g/mol. The van der Waals surface area contributed by atoms with Crippen LogP contribution in [-0.4, -0.2) is 105 Å². The summed E-state index contributed by atoms with van der Waals surface area (Å²) in [6.07, 6.45) is 12.1. The molecular formula is C53H75ClN8O6S2. The fourth-order valence-corrected chi connectivity index (χ4v) is 11.6. The predicted octanol–water partition coefficient (Wildman–Crippen LogP) is 10.3. The van der Waals surface area contributed by atoms with E-state index in [1.54, 1.807) is 49.4 Å². The molecule has 17 heteroatoms. The predicted molar refractivity (Wildman–Crippen MR) is 281 cm³/mol. The second kappa shape index (κ2) is 25.3. The van der Waals surface area contributed by atoms with E-state index in [1.165, 1.54) is 17.5 Å². The molecule has 0 radical (unpaired) electrons. The number of hydrogen-bond donors (Lipinski definition) is 4. The zero-order chi connectivity index (χ0) is 50.6. The minimum absolute atomic E-state index is 0.0652. The van der Waals surface area contributed by atoms with Crippen LogP contribution in [0, 0.1) is 18.3 Å². The third kappa shape index (κ3) is 15.0. The summed E-state index contributed by atoms with van der Waals surface area (Å²) in [6.45, 7) is 16.2. The Morgan fingerprint density at radius 3 is 2.29 bits per heavy atom. The zero-order valence-corrected chi connectivity index (χ0v) is 44.6. The Kier molecular flexibility index (Phi) is 19.8. The first-order valence-corrected chi connectivity index (χ1v) is 28.0. The maximum absolute atomic E-state index is 14.2. The second-order valence-electron chi connectivity index (χ2n) is 20.6. The number of amides is 2. The van der Waals surface area contributed by atoms with Crippen molar-refractivity contribution in [1.82, 2.24) is 30.1 Å². The number of sulfone groups is 1. The Hall–Kier alpha value is -4.48. The minimum atomic E-state index is -3.53. The fourth-order valence-electron chi connectivity index (χ4n) is 9.50. The summed E-state index contributed by atoms with van der Waals surface area (Å²) in [5.41, 5.74) is 4.73. The molecule has 2 amide bonds. The number of likely N-dealkylation sites (tertiary alicyclic amines) is 2. The van der Waals surface area contributed by atoms with Crippen LogP contribution >= 0.6 is 22.9 Å². The fraction of sp³-hybridized carbons (Fsp3) is 0.585. The van der Waals surface area contributed by atoms with E-state index in [0.717, 1.165) is 99.1 Å². The van der Waals surface area contributed by atoms with Crippen LogP contribution in [0.3, 0.4) is 0 Å². The standard InChI is InChI=1S/C53H75ClN8O6S2/c1-35(2)70(67,68)47-22-16-15-21-45(47)59-49-44(54)31-55-52(60-49)58-40-19-18-28-61(32-40)27-17-13-11-9-8-10-12-14-20-41(63)29-43(53(5,6)7)51(66)62-33-42(64)30-46(62)50(65)57-36(3)38-23-25-39(26-24-38)48-37(4)56-34-69-48/h15-16,21-26,31,34-36,40,42-43,46,64H,8-14,17-20,27-30,32-33H2,1-7H3,(H,57,65)(H2,55,58,59,60)/t36-,40+,42+,43+,46-/m0/s1. The number of unbranched alkanes of at least 4 members (excludes halogenated alkanes) is 7. The number of aliphatic hydroxyl groups excluding tert-OH is 1. The zero-order valence-electron chi connectivity index (χ0n) is 42.2. The first-order chi connectivity index (χ1) is 33.3. The third-order valence-corrected chi connectivity index (χ3v) is 17.2. The van der Waals surface area contributed by atoms with Crippen molar-refractivity contribution >= 4 is 67.8 Å². The number of aliphatic hydroxyl groups is 1. The lowest BCUT2D eigenvalue weighted by molar-refractivity contribution is -0.146. The summed E-state index contributed by atoms with van der Waals surface area (Å²) in [6, 6.07) is 13.9. The van der Waals surface area contributed by atoms with Gasteiger partial charge < -0.3 is 30.9 Å². The number of thiazole rings is 1. The van der Waals surface area contributed by atoms with E-state index in [4.69, 9.17) is 11.6 Å². The number of para-hydroxylation sites is 1. The SMILES string of the molecule is Cc1ncsc1-c1ccc([C@H](C)NC(=O)[C@@H]2C[C@@H](O)CN2C(=O)[C@@H](CC(=O)CCCCCCCCCCN2CCC[C@@H](Nc3ncc(Cl)c(Nc4ccccc4S(=O)(=O)C(C)C)n3)C2)C(C)(C)C)cc1. The Bertz CT molecular complexity index is 2480. The molecule has 0 aliphatic carbocycles. The molecule has 14 nitrogen and oxygen atoms in total. The molecule has 4 heterocycles. The summed E-state index contributed by atoms with van der Waals surface area (Å²) >= 11 is 8.06. The van der Waals surface area contributed by atoms with Gasteiger partial charge in [0.05, 0.1) is 50.3 Å². The van der Waals surface area contributed by atoms with Gasteiger partial charge in [-0.25, -0.2) is 18.4 Å². The van der Waals surface area contributed by atoms with Crippen molar-refractivity contribution in [3.8, 4) is 10.4 Å². The molecule has 70 heavy (non-hydrogen) atoms. The molecule has 2 aromatic carbocycles. The Morgan fingerprint density at radius 1 is 0.929 bits per heavy atom. The Morgan fingerprint density at radius 2 is 1.61 bits per heavy atom. The maximum Gasteiger partial charge on any atom is 0.243 e. The lowest BCUT2D eigenvalue weighted by atomic mass is 9.76. The van der Waals surface area contributed by atoms with Gasteiger partial charge in [0.25, 0.3) is 0 Å². The van der Waals surface area contributed by atoms with Gasteiger partial charge in [0, 0.05) is 44.3 Å². The van der Waals surface area contributed by atoms with Crippen molar-refractivity contribution in [2.45, 2.75) is 166 Å². The van der Waals surface area contributed by atoms with E-state index >= 15 is 0 Å². The summed E-state index contributed by atoms with van der Waals surface area (Å²) in [7, 11) is -3.53. The van der Waals surface area contributed by atoms with Crippen LogP contribution in [-0.2, 0) is 24.2 Å². The molecular weight excluding hydrogens is 944 g/mol. The number of aryl methyl sites for hydroxylation is 1. The normalized spacial score (nSPS) is 18.7. The Labute approximate surface area is 425 Å². The molecule has 4 N–H and O–H groups in total. The molecule has 2 saturated heterocycles. The van der Waals surface area contributed by atoms with Crippen LogP contribution in [0.25, 0.3) is 10.4 Å². The van der Waals surface area contributed by atoms with Gasteiger partial charge >= 0.3 is 0 Å². The van der Waals surface area contributed by atoms with Crippen LogP contribution in [0.4, 0.5) is 17.5 Å². The highest BCUT2D eigenvalue weighted by Gasteiger charge is 2.44. The number of anilines is 3.